The van der Waals surface area contributed by atoms with Crippen LogP contribution in [0.3, 0.4) is 0 Å². The van der Waals surface area contributed by atoms with Crippen molar-refractivity contribution in [3.63, 3.8) is 0 Å². The number of hydrogen-bond donors (Lipinski definition) is 1. The maximum absolute atomic E-state index is 13.0. The molecule has 2 aromatic rings. The van der Waals surface area contributed by atoms with Gasteiger partial charge < -0.3 is 10.2 Å². The number of aryl methyl sites for hydroxylation is 1. The Hall–Kier alpha value is -2.42. The lowest BCUT2D eigenvalue weighted by Crippen LogP contribution is -2.40. The summed E-state index contributed by atoms with van der Waals surface area (Å²) in [5.41, 5.74) is 0.426. The average molecular weight is 377 g/mol. The van der Waals surface area contributed by atoms with Gasteiger partial charge in [-0.1, -0.05) is 0 Å². The maximum Gasteiger partial charge on any atom is 0.345 e. The second kappa shape index (κ2) is 7.45. The minimum Gasteiger partial charge on any atom is -0.337 e. The highest BCUT2D eigenvalue weighted by Gasteiger charge is 2.30. The SMILES string of the molecule is CCn1c(C2CCCN(C(=O)c3sccc3NC(C)=O)C2)nn(C)c1=O. The lowest BCUT2D eigenvalue weighted by molar-refractivity contribution is -0.114. The molecule has 1 atom stereocenters. The summed E-state index contributed by atoms with van der Waals surface area (Å²) in [6.07, 6.45) is 1.74. The quantitative estimate of drug-likeness (QED) is 0.877. The number of carbonyl (C=O) groups is 2. The molecule has 1 aliphatic rings. The molecule has 140 valence electrons. The van der Waals surface area contributed by atoms with Gasteiger partial charge in [0.1, 0.15) is 10.7 Å². The van der Waals surface area contributed by atoms with E-state index in [9.17, 15) is 14.4 Å². The molecule has 1 fully saturated rings. The van der Waals surface area contributed by atoms with Crippen LogP contribution in [-0.4, -0.2) is 44.2 Å². The predicted octanol–water partition coefficient (Wildman–Crippen LogP) is 1.64. The van der Waals surface area contributed by atoms with Gasteiger partial charge in [0.25, 0.3) is 5.91 Å². The number of nitrogens with zero attached hydrogens (tertiary/aromatic N) is 4. The van der Waals surface area contributed by atoms with Gasteiger partial charge >= 0.3 is 5.69 Å². The zero-order chi connectivity index (χ0) is 18.8. The minimum absolute atomic E-state index is 0.0331. The van der Waals surface area contributed by atoms with Gasteiger partial charge in [-0.15, -0.1) is 11.3 Å². The molecule has 9 heteroatoms. The van der Waals surface area contributed by atoms with E-state index in [1.54, 1.807) is 28.0 Å². The summed E-state index contributed by atoms with van der Waals surface area (Å²) >= 11 is 1.32. The number of likely N-dealkylation sites (tertiary alicyclic amines) is 1. The lowest BCUT2D eigenvalue weighted by Gasteiger charge is -2.32. The number of piperidine rings is 1. The van der Waals surface area contributed by atoms with Gasteiger partial charge in [-0.25, -0.2) is 9.48 Å². The Balaban J connectivity index is 1.82. The van der Waals surface area contributed by atoms with Gasteiger partial charge in [-0.05, 0) is 31.2 Å². The van der Waals surface area contributed by atoms with Crippen LogP contribution in [0.15, 0.2) is 16.2 Å². The van der Waals surface area contributed by atoms with Crippen LogP contribution in [0.1, 0.15) is 48.1 Å². The standard InChI is InChI=1S/C17H23N5O3S/c1-4-22-15(19-20(3)17(22)25)12-6-5-8-21(10-12)16(24)14-13(7-9-26-14)18-11(2)23/h7,9,12H,4-6,8,10H2,1-3H3,(H,18,23). The van der Waals surface area contributed by atoms with Crippen LogP contribution < -0.4 is 11.0 Å². The number of hydrogen-bond acceptors (Lipinski definition) is 5. The van der Waals surface area contributed by atoms with Crippen molar-refractivity contribution in [2.45, 2.75) is 39.2 Å². The Morgan fingerprint density at radius 3 is 2.88 bits per heavy atom. The molecule has 0 radical (unpaired) electrons. The summed E-state index contributed by atoms with van der Waals surface area (Å²) in [6, 6.07) is 1.74. The summed E-state index contributed by atoms with van der Waals surface area (Å²) in [5.74, 6) is 0.487. The van der Waals surface area contributed by atoms with Crippen LogP contribution in [0.5, 0.6) is 0 Å². The first kappa shape index (κ1) is 18.4. The van der Waals surface area contributed by atoms with E-state index in [0.29, 0.717) is 30.2 Å². The molecule has 0 bridgehead atoms. The van der Waals surface area contributed by atoms with Gasteiger partial charge in [-0.3, -0.25) is 14.2 Å². The molecule has 1 N–H and O–H groups in total. The maximum atomic E-state index is 13.0. The van der Waals surface area contributed by atoms with Crippen LogP contribution in [0.25, 0.3) is 0 Å². The van der Waals surface area contributed by atoms with Crippen LogP contribution in [0.2, 0.25) is 0 Å². The number of carbonyl (C=O) groups excluding carboxylic acids is 2. The normalized spacial score (nSPS) is 17.3. The van der Waals surface area contributed by atoms with Crippen molar-refractivity contribution >= 4 is 28.8 Å². The Morgan fingerprint density at radius 1 is 1.42 bits per heavy atom. The molecule has 3 heterocycles. The van der Waals surface area contributed by atoms with Crippen molar-refractivity contribution in [2.24, 2.45) is 7.05 Å². The molecule has 2 amide bonds. The van der Waals surface area contributed by atoms with E-state index in [2.05, 4.69) is 10.4 Å². The second-order valence-electron chi connectivity index (χ2n) is 6.44. The molecule has 1 aliphatic heterocycles. The fourth-order valence-corrected chi connectivity index (χ4v) is 4.22. The predicted molar refractivity (Wildman–Crippen MR) is 99.6 cm³/mol. The highest BCUT2D eigenvalue weighted by molar-refractivity contribution is 7.12. The Kier molecular flexibility index (Phi) is 5.26. The molecule has 0 aromatic carbocycles. The number of rotatable bonds is 4. The highest BCUT2D eigenvalue weighted by atomic mass is 32.1. The van der Waals surface area contributed by atoms with Crippen molar-refractivity contribution in [1.82, 2.24) is 19.2 Å². The summed E-state index contributed by atoms with van der Waals surface area (Å²) in [4.78, 5) is 38.8. The third-order valence-electron chi connectivity index (χ3n) is 4.60. The number of anilines is 1. The first-order valence-corrected chi connectivity index (χ1v) is 9.58. The van der Waals surface area contributed by atoms with Crippen LogP contribution in [0, 0.1) is 0 Å². The largest absolute Gasteiger partial charge is 0.345 e. The van der Waals surface area contributed by atoms with E-state index in [1.807, 2.05) is 6.92 Å². The number of aromatic nitrogens is 3. The lowest BCUT2D eigenvalue weighted by atomic mass is 9.97. The van der Waals surface area contributed by atoms with Gasteiger partial charge in [0.2, 0.25) is 5.91 Å². The highest BCUT2D eigenvalue weighted by Crippen LogP contribution is 2.29. The van der Waals surface area contributed by atoms with Crippen molar-refractivity contribution < 1.29 is 9.59 Å². The van der Waals surface area contributed by atoms with Crippen LogP contribution in [-0.2, 0) is 18.4 Å². The molecule has 8 nitrogen and oxygen atoms in total. The van der Waals surface area contributed by atoms with Crippen molar-refractivity contribution in [3.05, 3.63) is 32.6 Å². The topological polar surface area (TPSA) is 89.2 Å². The first-order valence-electron chi connectivity index (χ1n) is 8.70. The van der Waals surface area contributed by atoms with Crippen molar-refractivity contribution in [3.8, 4) is 0 Å². The first-order chi connectivity index (χ1) is 12.4. The van der Waals surface area contributed by atoms with Crippen LogP contribution >= 0.6 is 11.3 Å². The van der Waals surface area contributed by atoms with Gasteiger partial charge in [0.15, 0.2) is 0 Å². The van der Waals surface area contributed by atoms with Gasteiger partial charge in [0.05, 0.1) is 5.69 Å². The van der Waals surface area contributed by atoms with Crippen molar-refractivity contribution in [2.75, 3.05) is 18.4 Å². The third kappa shape index (κ3) is 3.44. The molecule has 3 rings (SSSR count). The Labute approximate surface area is 155 Å². The summed E-state index contributed by atoms with van der Waals surface area (Å²) in [6.45, 7) is 5.09. The zero-order valence-electron chi connectivity index (χ0n) is 15.2. The molecular formula is C17H23N5O3S. The third-order valence-corrected chi connectivity index (χ3v) is 5.50. The van der Waals surface area contributed by atoms with E-state index in [0.717, 1.165) is 18.7 Å². The Bertz CT molecular complexity index is 881. The van der Waals surface area contributed by atoms with E-state index >= 15 is 0 Å². The zero-order valence-corrected chi connectivity index (χ0v) is 16.0. The summed E-state index contributed by atoms with van der Waals surface area (Å²) < 4.78 is 3.03. The molecule has 26 heavy (non-hydrogen) atoms. The van der Waals surface area contributed by atoms with E-state index < -0.39 is 0 Å². The number of nitrogens with one attached hydrogen (secondary N) is 1. The fraction of sp³-hybridized carbons (Fsp3) is 0.529. The smallest absolute Gasteiger partial charge is 0.337 e. The Morgan fingerprint density at radius 2 is 2.19 bits per heavy atom. The molecule has 1 saturated heterocycles. The minimum atomic E-state index is -0.200. The van der Waals surface area contributed by atoms with Gasteiger partial charge in [0, 0.05) is 39.5 Å². The molecule has 0 aliphatic carbocycles. The average Bonchev–Trinajstić information content (AvgIpc) is 3.18. The molecule has 0 saturated carbocycles. The second-order valence-corrected chi connectivity index (χ2v) is 7.36. The number of amides is 2. The summed E-state index contributed by atoms with van der Waals surface area (Å²) in [7, 11) is 1.65. The molecular weight excluding hydrogens is 354 g/mol. The summed E-state index contributed by atoms with van der Waals surface area (Å²) in [5, 5.41) is 8.90. The van der Waals surface area contributed by atoms with Gasteiger partial charge in [-0.2, -0.15) is 5.10 Å². The molecule has 1 unspecified atom stereocenters. The van der Waals surface area contributed by atoms with E-state index in [4.69, 9.17) is 0 Å². The number of thiophene rings is 1. The van der Waals surface area contributed by atoms with E-state index in [-0.39, 0.29) is 23.4 Å². The molecule has 2 aromatic heterocycles. The fourth-order valence-electron chi connectivity index (χ4n) is 3.40. The van der Waals surface area contributed by atoms with Crippen LogP contribution in [0.4, 0.5) is 5.69 Å². The monoisotopic (exact) mass is 377 g/mol. The van der Waals surface area contributed by atoms with E-state index in [1.165, 1.54) is 22.9 Å². The molecule has 0 spiro atoms. The van der Waals surface area contributed by atoms with Crippen molar-refractivity contribution in [1.29, 1.82) is 0 Å².